The average molecular weight is 540 g/mol. The van der Waals surface area contributed by atoms with Crippen molar-refractivity contribution >= 4 is 46.3 Å². The van der Waals surface area contributed by atoms with Gasteiger partial charge in [0.15, 0.2) is 17.3 Å². The highest BCUT2D eigenvalue weighted by Gasteiger charge is 2.35. The summed E-state index contributed by atoms with van der Waals surface area (Å²) < 4.78 is 58.0. The van der Waals surface area contributed by atoms with Crippen molar-refractivity contribution in [3.8, 4) is 0 Å². The number of nitrogens with zero attached hydrogens (tertiary/aromatic N) is 4. The quantitative estimate of drug-likeness (QED) is 0.346. The number of anilines is 3. The number of fused-ring (bicyclic) bond motifs is 1. The Morgan fingerprint density at radius 3 is 2.32 bits per heavy atom. The monoisotopic (exact) mass is 539 g/mol. The van der Waals surface area contributed by atoms with E-state index in [0.717, 1.165) is 12.1 Å². The van der Waals surface area contributed by atoms with Gasteiger partial charge in [-0.25, -0.2) is 27.5 Å². The maximum atomic E-state index is 14.6. The third-order valence-electron chi connectivity index (χ3n) is 7.19. The Morgan fingerprint density at radius 2 is 1.70 bits per heavy atom. The van der Waals surface area contributed by atoms with Crippen LogP contribution in [0.3, 0.4) is 0 Å². The molecule has 4 N–H and O–H groups in total. The molecule has 2 aliphatic rings. The first kappa shape index (κ1) is 25.5. The maximum absolute atomic E-state index is 14.6. The van der Waals surface area contributed by atoms with Gasteiger partial charge in [0, 0.05) is 35.9 Å². The molecular weight excluding hydrogens is 514 g/mol. The predicted octanol–water partition coefficient (Wildman–Crippen LogP) is 5.71. The molecular formula is C24H26ClF4N7O. The van der Waals surface area contributed by atoms with E-state index in [-0.39, 0.29) is 66.5 Å². The number of amides is 1. The van der Waals surface area contributed by atoms with Crippen molar-refractivity contribution in [1.82, 2.24) is 19.5 Å². The highest BCUT2D eigenvalue weighted by Crippen LogP contribution is 2.38. The fraction of sp³-hybridized carbons (Fsp3) is 0.500. The van der Waals surface area contributed by atoms with Gasteiger partial charge < -0.3 is 16.4 Å². The van der Waals surface area contributed by atoms with Gasteiger partial charge in [-0.2, -0.15) is 4.98 Å². The molecule has 8 nitrogen and oxygen atoms in total. The van der Waals surface area contributed by atoms with E-state index >= 15 is 0 Å². The molecule has 2 fully saturated rings. The minimum atomic E-state index is -2.65. The molecule has 198 valence electrons. The summed E-state index contributed by atoms with van der Waals surface area (Å²) in [5.41, 5.74) is 5.87. The van der Waals surface area contributed by atoms with Crippen LogP contribution in [0.25, 0.3) is 11.2 Å². The maximum Gasteiger partial charge on any atom is 0.248 e. The van der Waals surface area contributed by atoms with Crippen molar-refractivity contribution in [2.75, 3.05) is 10.6 Å². The van der Waals surface area contributed by atoms with E-state index in [1.165, 1.54) is 6.20 Å². The zero-order valence-electron chi connectivity index (χ0n) is 19.8. The molecule has 0 radical (unpaired) electrons. The normalized spacial score (nSPS) is 22.2. The summed E-state index contributed by atoms with van der Waals surface area (Å²) in [7, 11) is 0. The van der Waals surface area contributed by atoms with Crippen molar-refractivity contribution in [3.05, 3.63) is 35.0 Å². The molecule has 0 aliphatic heterocycles. The lowest BCUT2D eigenvalue weighted by atomic mass is 9.85. The lowest BCUT2D eigenvalue weighted by Crippen LogP contribution is -2.32. The minimum absolute atomic E-state index is 0.0825. The number of halogens is 5. The van der Waals surface area contributed by atoms with Crippen LogP contribution < -0.4 is 16.4 Å². The summed E-state index contributed by atoms with van der Waals surface area (Å²) >= 11 is 5.76. The molecule has 13 heteroatoms. The Kier molecular flexibility index (Phi) is 6.86. The third-order valence-corrected chi connectivity index (χ3v) is 7.41. The number of hydrogen-bond acceptors (Lipinski definition) is 6. The van der Waals surface area contributed by atoms with E-state index in [0.29, 0.717) is 36.8 Å². The van der Waals surface area contributed by atoms with Crippen molar-refractivity contribution in [1.29, 1.82) is 0 Å². The van der Waals surface area contributed by atoms with Gasteiger partial charge >= 0.3 is 0 Å². The molecule has 1 aromatic carbocycles. The molecule has 2 heterocycles. The summed E-state index contributed by atoms with van der Waals surface area (Å²) in [4.78, 5) is 25.0. The van der Waals surface area contributed by atoms with Crippen molar-refractivity contribution in [2.45, 2.75) is 69.4 Å². The number of primary amides is 1. The minimum Gasteiger partial charge on any atom is -0.369 e. The summed E-state index contributed by atoms with van der Waals surface area (Å²) in [5, 5.41) is 5.80. The number of nitrogens with two attached hydrogens (primary N) is 1. The van der Waals surface area contributed by atoms with Gasteiger partial charge in [0.2, 0.25) is 23.7 Å². The Bertz CT molecular complexity index is 1290. The van der Waals surface area contributed by atoms with Crippen LogP contribution in [0.4, 0.5) is 35.1 Å². The third kappa shape index (κ3) is 5.43. The number of rotatable bonds is 6. The van der Waals surface area contributed by atoms with Crippen LogP contribution in [0.5, 0.6) is 0 Å². The van der Waals surface area contributed by atoms with Gasteiger partial charge in [0.25, 0.3) is 0 Å². The van der Waals surface area contributed by atoms with Crippen LogP contribution >= 0.6 is 11.6 Å². The zero-order valence-corrected chi connectivity index (χ0v) is 20.5. The molecule has 3 aromatic rings. The Morgan fingerprint density at radius 1 is 1.05 bits per heavy atom. The molecule has 2 aromatic heterocycles. The number of carbonyl (C=O) groups is 1. The first-order valence-corrected chi connectivity index (χ1v) is 12.6. The van der Waals surface area contributed by atoms with Gasteiger partial charge in [0.05, 0.1) is 6.20 Å². The van der Waals surface area contributed by atoms with Crippen LogP contribution in [0, 0.1) is 17.6 Å². The fourth-order valence-electron chi connectivity index (χ4n) is 5.15. The Hall–Kier alpha value is -3.15. The second-order valence-electron chi connectivity index (χ2n) is 9.76. The Balaban J connectivity index is 1.49. The first-order valence-electron chi connectivity index (χ1n) is 12.2. The standard InChI is InChI=1S/C24H26ClF4N7O/c25-13-9-16(26)19(17(27)10-13)34-23-33-18-11-31-22(32-14-5-7-24(28,29)8-6-14)35-21(18)36(23)15-3-1-12(2-4-15)20(30)37/h9-12,14-15H,1-8H2,(H2,30,37)(H,33,34)(H,31,32,35)/t12-,15+. The lowest BCUT2D eigenvalue weighted by Gasteiger charge is -2.29. The number of imidazole rings is 1. The van der Waals surface area contributed by atoms with Crippen LogP contribution in [-0.2, 0) is 4.79 Å². The lowest BCUT2D eigenvalue weighted by molar-refractivity contribution is -0.122. The van der Waals surface area contributed by atoms with Crippen LogP contribution in [0.15, 0.2) is 18.3 Å². The summed E-state index contributed by atoms with van der Waals surface area (Å²) in [6, 6.07) is 1.60. The number of carbonyl (C=O) groups excluding carboxylic acids is 1. The average Bonchev–Trinajstić information content (AvgIpc) is 3.20. The van der Waals surface area contributed by atoms with Crippen LogP contribution in [0.2, 0.25) is 5.02 Å². The molecule has 37 heavy (non-hydrogen) atoms. The van der Waals surface area contributed by atoms with Crippen LogP contribution in [0.1, 0.15) is 57.4 Å². The van der Waals surface area contributed by atoms with E-state index in [9.17, 15) is 22.4 Å². The summed E-state index contributed by atoms with van der Waals surface area (Å²) in [6.45, 7) is 0. The second-order valence-corrected chi connectivity index (χ2v) is 10.2. The van der Waals surface area contributed by atoms with Crippen molar-refractivity contribution in [2.24, 2.45) is 11.7 Å². The van der Waals surface area contributed by atoms with E-state index in [4.69, 9.17) is 17.3 Å². The highest BCUT2D eigenvalue weighted by atomic mass is 35.5. The fourth-order valence-corrected chi connectivity index (χ4v) is 5.35. The van der Waals surface area contributed by atoms with Crippen molar-refractivity contribution < 1.29 is 22.4 Å². The SMILES string of the molecule is NC(=O)[C@H]1CC[C@@H](n2c(Nc3c(F)cc(Cl)cc3F)nc3cnc(NC4CCC(F)(F)CC4)nc32)CC1. The van der Waals surface area contributed by atoms with Crippen LogP contribution in [-0.4, -0.2) is 37.4 Å². The first-order chi connectivity index (χ1) is 17.6. The molecule has 0 spiro atoms. The molecule has 0 bridgehead atoms. The topological polar surface area (TPSA) is 111 Å². The molecule has 2 aliphatic carbocycles. The molecule has 0 unspecified atom stereocenters. The molecule has 1 amide bonds. The molecule has 2 saturated carbocycles. The smallest absolute Gasteiger partial charge is 0.248 e. The summed E-state index contributed by atoms with van der Waals surface area (Å²) in [6.07, 6.45) is 3.88. The van der Waals surface area contributed by atoms with E-state index in [1.807, 2.05) is 0 Å². The van der Waals surface area contributed by atoms with Gasteiger partial charge in [-0.1, -0.05) is 11.6 Å². The number of nitrogens with one attached hydrogen (secondary N) is 2. The van der Waals surface area contributed by atoms with Gasteiger partial charge in [-0.3, -0.25) is 9.36 Å². The molecule has 5 rings (SSSR count). The summed E-state index contributed by atoms with van der Waals surface area (Å²) in [5.74, 6) is -4.62. The Labute approximate surface area is 215 Å². The highest BCUT2D eigenvalue weighted by molar-refractivity contribution is 6.30. The number of alkyl halides is 2. The van der Waals surface area contributed by atoms with E-state index in [1.54, 1.807) is 4.57 Å². The molecule has 0 atom stereocenters. The largest absolute Gasteiger partial charge is 0.369 e. The number of hydrogen-bond donors (Lipinski definition) is 3. The number of benzene rings is 1. The number of aromatic nitrogens is 4. The zero-order chi connectivity index (χ0) is 26.3. The predicted molar refractivity (Wildman–Crippen MR) is 131 cm³/mol. The van der Waals surface area contributed by atoms with E-state index in [2.05, 4.69) is 25.6 Å². The van der Waals surface area contributed by atoms with Gasteiger partial charge in [0.1, 0.15) is 11.2 Å². The van der Waals surface area contributed by atoms with E-state index < -0.39 is 23.2 Å². The van der Waals surface area contributed by atoms with Crippen molar-refractivity contribution in [3.63, 3.8) is 0 Å². The van der Waals surface area contributed by atoms with Gasteiger partial charge in [-0.05, 0) is 50.7 Å². The second kappa shape index (κ2) is 9.96. The molecule has 0 saturated heterocycles. The van der Waals surface area contributed by atoms with Gasteiger partial charge in [-0.15, -0.1) is 0 Å².